The topological polar surface area (TPSA) is 63.3 Å². The van der Waals surface area contributed by atoms with Crippen LogP contribution < -0.4 is 0 Å². The van der Waals surface area contributed by atoms with Crippen molar-refractivity contribution >= 4 is 5.97 Å². The van der Waals surface area contributed by atoms with Crippen molar-refractivity contribution in [3.05, 3.63) is 66.2 Å². The average molecular weight is 279 g/mol. The van der Waals surface area contributed by atoms with Crippen molar-refractivity contribution in [1.82, 2.24) is 5.16 Å². The molecule has 1 aromatic heterocycles. The van der Waals surface area contributed by atoms with Crippen LogP contribution in [0.4, 0.5) is 0 Å². The first-order chi connectivity index (χ1) is 10.3. The maximum absolute atomic E-state index is 11.2. The van der Waals surface area contributed by atoms with Crippen molar-refractivity contribution in [1.29, 1.82) is 0 Å². The third-order valence-electron chi connectivity index (χ3n) is 3.20. The minimum atomic E-state index is -0.910. The highest BCUT2D eigenvalue weighted by atomic mass is 16.5. The second-order valence-electron chi connectivity index (χ2n) is 4.64. The lowest BCUT2D eigenvalue weighted by Gasteiger charge is -2.02. The summed E-state index contributed by atoms with van der Waals surface area (Å²) in [6.07, 6.45) is -0.127. The zero-order valence-corrected chi connectivity index (χ0v) is 11.2. The van der Waals surface area contributed by atoms with Gasteiger partial charge in [0.1, 0.15) is 5.69 Å². The molecule has 0 radical (unpaired) electrons. The molecule has 3 aromatic rings. The highest BCUT2D eigenvalue weighted by Gasteiger charge is 2.20. The average Bonchev–Trinajstić information content (AvgIpc) is 2.92. The van der Waals surface area contributed by atoms with Crippen LogP contribution in [0.1, 0.15) is 5.56 Å². The summed E-state index contributed by atoms with van der Waals surface area (Å²) in [5.74, 6) is -0.399. The molecule has 0 fully saturated rings. The Hall–Kier alpha value is -2.88. The Morgan fingerprint density at radius 2 is 1.52 bits per heavy atom. The van der Waals surface area contributed by atoms with Crippen LogP contribution in [0.2, 0.25) is 0 Å². The number of aliphatic carboxylic acids is 1. The number of hydrogen-bond acceptors (Lipinski definition) is 3. The van der Waals surface area contributed by atoms with E-state index in [9.17, 15) is 4.79 Å². The molecule has 0 atom stereocenters. The second-order valence-corrected chi connectivity index (χ2v) is 4.64. The van der Waals surface area contributed by atoms with Gasteiger partial charge in [0.2, 0.25) is 0 Å². The summed E-state index contributed by atoms with van der Waals surface area (Å²) in [5.41, 5.74) is 2.85. The molecule has 0 saturated heterocycles. The van der Waals surface area contributed by atoms with E-state index in [4.69, 9.17) is 9.63 Å². The fourth-order valence-electron chi connectivity index (χ4n) is 2.26. The minimum absolute atomic E-state index is 0.127. The molecule has 0 aliphatic heterocycles. The molecule has 2 aromatic carbocycles. The number of benzene rings is 2. The quantitative estimate of drug-likeness (QED) is 0.792. The smallest absolute Gasteiger partial charge is 0.308 e. The summed E-state index contributed by atoms with van der Waals surface area (Å²) in [5, 5.41) is 13.2. The van der Waals surface area contributed by atoms with Gasteiger partial charge in [-0.15, -0.1) is 0 Å². The van der Waals surface area contributed by atoms with E-state index in [-0.39, 0.29) is 6.42 Å². The van der Waals surface area contributed by atoms with Gasteiger partial charge in [0, 0.05) is 16.7 Å². The molecule has 4 heteroatoms. The first-order valence-electron chi connectivity index (χ1n) is 6.57. The zero-order valence-electron chi connectivity index (χ0n) is 11.2. The molecule has 1 heterocycles. The van der Waals surface area contributed by atoms with Crippen molar-refractivity contribution in [2.75, 3.05) is 0 Å². The van der Waals surface area contributed by atoms with Gasteiger partial charge in [-0.3, -0.25) is 4.79 Å². The monoisotopic (exact) mass is 279 g/mol. The Bertz CT molecular complexity index is 691. The van der Waals surface area contributed by atoms with E-state index in [1.165, 1.54) is 0 Å². The highest BCUT2D eigenvalue weighted by Crippen LogP contribution is 2.32. The van der Waals surface area contributed by atoms with Gasteiger partial charge in [0.05, 0.1) is 6.42 Å². The number of carbonyl (C=O) groups is 1. The SMILES string of the molecule is O=C(O)Cc1c(-c2ccccc2)noc1-c1ccccc1. The first-order valence-corrected chi connectivity index (χ1v) is 6.57. The predicted octanol–water partition coefficient (Wildman–Crippen LogP) is 3.64. The van der Waals surface area contributed by atoms with Gasteiger partial charge in [0.15, 0.2) is 5.76 Å². The van der Waals surface area contributed by atoms with E-state index >= 15 is 0 Å². The number of carboxylic acid groups (broad SMARTS) is 1. The minimum Gasteiger partial charge on any atom is -0.481 e. The Kier molecular flexibility index (Phi) is 3.51. The van der Waals surface area contributed by atoms with E-state index in [2.05, 4.69) is 5.16 Å². The van der Waals surface area contributed by atoms with Gasteiger partial charge in [-0.05, 0) is 0 Å². The molecule has 4 nitrogen and oxygen atoms in total. The Morgan fingerprint density at radius 1 is 0.952 bits per heavy atom. The van der Waals surface area contributed by atoms with Crippen LogP contribution in [0.25, 0.3) is 22.6 Å². The molecular weight excluding hydrogens is 266 g/mol. The predicted molar refractivity (Wildman–Crippen MR) is 78.7 cm³/mol. The maximum atomic E-state index is 11.2. The van der Waals surface area contributed by atoms with E-state index < -0.39 is 5.97 Å². The third kappa shape index (κ3) is 2.69. The molecule has 0 aliphatic carbocycles. The van der Waals surface area contributed by atoms with Crippen molar-refractivity contribution in [2.45, 2.75) is 6.42 Å². The number of aromatic nitrogens is 1. The number of carboxylic acids is 1. The van der Waals surface area contributed by atoms with Gasteiger partial charge < -0.3 is 9.63 Å². The molecule has 0 bridgehead atoms. The highest BCUT2D eigenvalue weighted by molar-refractivity contribution is 5.80. The second kappa shape index (κ2) is 5.63. The zero-order chi connectivity index (χ0) is 14.7. The van der Waals surface area contributed by atoms with Crippen LogP contribution >= 0.6 is 0 Å². The molecule has 0 amide bonds. The summed E-state index contributed by atoms with van der Waals surface area (Å²) >= 11 is 0. The molecule has 0 unspecified atom stereocenters. The van der Waals surface area contributed by atoms with Crippen molar-refractivity contribution in [3.63, 3.8) is 0 Å². The van der Waals surface area contributed by atoms with E-state index in [1.807, 2.05) is 60.7 Å². The fourth-order valence-corrected chi connectivity index (χ4v) is 2.26. The van der Waals surface area contributed by atoms with Crippen LogP contribution in [0.3, 0.4) is 0 Å². The molecule has 0 spiro atoms. The lowest BCUT2D eigenvalue weighted by molar-refractivity contribution is -0.136. The summed E-state index contributed by atoms with van der Waals surface area (Å²) in [6.45, 7) is 0. The Balaban J connectivity index is 2.14. The van der Waals surface area contributed by atoms with Crippen LogP contribution in [0.5, 0.6) is 0 Å². The van der Waals surface area contributed by atoms with E-state index in [0.29, 0.717) is 17.0 Å². The number of nitrogens with zero attached hydrogens (tertiary/aromatic N) is 1. The Morgan fingerprint density at radius 3 is 2.10 bits per heavy atom. The fraction of sp³-hybridized carbons (Fsp3) is 0.0588. The van der Waals surface area contributed by atoms with Gasteiger partial charge >= 0.3 is 5.97 Å². The maximum Gasteiger partial charge on any atom is 0.308 e. The standard InChI is InChI=1S/C17H13NO3/c19-15(20)11-14-16(12-7-3-1-4-8-12)18-21-17(14)13-9-5-2-6-10-13/h1-10H,11H2,(H,19,20). The lowest BCUT2D eigenvalue weighted by atomic mass is 10.0. The first kappa shape index (κ1) is 13.1. The van der Waals surface area contributed by atoms with Crippen molar-refractivity contribution in [3.8, 4) is 22.6 Å². The Labute approximate surface area is 121 Å². The third-order valence-corrected chi connectivity index (χ3v) is 3.20. The molecule has 21 heavy (non-hydrogen) atoms. The van der Waals surface area contributed by atoms with Gasteiger partial charge in [0.25, 0.3) is 0 Å². The molecule has 104 valence electrons. The molecule has 0 saturated carbocycles. The largest absolute Gasteiger partial charge is 0.481 e. The van der Waals surface area contributed by atoms with Crippen LogP contribution in [0, 0.1) is 0 Å². The lowest BCUT2D eigenvalue weighted by Crippen LogP contribution is -2.02. The normalized spacial score (nSPS) is 10.5. The summed E-state index contributed by atoms with van der Waals surface area (Å²) in [6, 6.07) is 18.9. The van der Waals surface area contributed by atoms with E-state index in [0.717, 1.165) is 11.1 Å². The molecule has 3 rings (SSSR count). The van der Waals surface area contributed by atoms with E-state index in [1.54, 1.807) is 0 Å². The summed E-state index contributed by atoms with van der Waals surface area (Å²) in [4.78, 5) is 11.2. The van der Waals surface area contributed by atoms with Crippen LogP contribution in [-0.4, -0.2) is 16.2 Å². The van der Waals surface area contributed by atoms with Gasteiger partial charge in [-0.25, -0.2) is 0 Å². The van der Waals surface area contributed by atoms with Crippen molar-refractivity contribution < 1.29 is 14.4 Å². The van der Waals surface area contributed by atoms with Crippen LogP contribution in [-0.2, 0) is 11.2 Å². The number of hydrogen-bond donors (Lipinski definition) is 1. The molecule has 1 N–H and O–H groups in total. The van der Waals surface area contributed by atoms with Gasteiger partial charge in [-0.1, -0.05) is 65.8 Å². The summed E-state index contributed by atoms with van der Waals surface area (Å²) < 4.78 is 5.42. The van der Waals surface area contributed by atoms with Crippen molar-refractivity contribution in [2.24, 2.45) is 0 Å². The van der Waals surface area contributed by atoms with Gasteiger partial charge in [-0.2, -0.15) is 0 Å². The molecular formula is C17H13NO3. The molecule has 0 aliphatic rings. The number of rotatable bonds is 4. The van der Waals surface area contributed by atoms with Crippen LogP contribution in [0.15, 0.2) is 65.2 Å². The summed E-state index contributed by atoms with van der Waals surface area (Å²) in [7, 11) is 0.